The third-order valence-corrected chi connectivity index (χ3v) is 2.05. The molecule has 3 amide bonds. The van der Waals surface area contributed by atoms with E-state index in [0.717, 1.165) is 4.90 Å². The third-order valence-electron chi connectivity index (χ3n) is 2.05. The van der Waals surface area contributed by atoms with Crippen molar-refractivity contribution in [2.75, 3.05) is 13.1 Å². The van der Waals surface area contributed by atoms with Crippen molar-refractivity contribution in [3.63, 3.8) is 0 Å². The molecule has 0 aliphatic carbocycles. The molecule has 1 heterocycles. The molecular formula is C8H13N7O4. The Kier molecular flexibility index (Phi) is 4.74. The number of carboxylic acid groups (broad SMARTS) is 1. The molecule has 0 aliphatic rings. The number of rotatable bonds is 6. The normalized spacial score (nSPS) is 11.6. The molecular weight excluding hydrogens is 258 g/mol. The molecule has 5 N–H and O–H groups in total. The number of carbonyl (C=O) groups excluding carboxylic acids is 2. The van der Waals surface area contributed by atoms with Crippen LogP contribution in [0.5, 0.6) is 0 Å². The van der Waals surface area contributed by atoms with Crippen LogP contribution in [0, 0.1) is 0 Å². The molecule has 0 saturated heterocycles. The molecule has 0 aliphatic heterocycles. The van der Waals surface area contributed by atoms with Crippen LogP contribution >= 0.6 is 0 Å². The fourth-order valence-electron chi connectivity index (χ4n) is 1.24. The molecule has 11 heteroatoms. The maximum absolute atomic E-state index is 11.8. The van der Waals surface area contributed by atoms with E-state index >= 15 is 0 Å². The van der Waals surface area contributed by atoms with Gasteiger partial charge in [-0.1, -0.05) is 5.21 Å². The minimum atomic E-state index is -1.26. The SMILES string of the molecule is CC(NC(=O)N(CC(N)=O)CC(=O)O)c1nn[nH]n1. The summed E-state index contributed by atoms with van der Waals surface area (Å²) in [7, 11) is 0. The number of hydrogen-bond donors (Lipinski definition) is 4. The van der Waals surface area contributed by atoms with Gasteiger partial charge in [0.2, 0.25) is 5.91 Å². The van der Waals surface area contributed by atoms with Crippen LogP contribution in [0.2, 0.25) is 0 Å². The molecule has 1 aromatic heterocycles. The summed E-state index contributed by atoms with van der Waals surface area (Å²) in [6.45, 7) is 0.427. The van der Waals surface area contributed by atoms with Gasteiger partial charge in [-0.05, 0) is 6.92 Å². The first-order valence-electron chi connectivity index (χ1n) is 5.19. The lowest BCUT2D eigenvalue weighted by Gasteiger charge is -2.21. The number of aliphatic carboxylic acids is 1. The molecule has 1 unspecified atom stereocenters. The fourth-order valence-corrected chi connectivity index (χ4v) is 1.24. The molecule has 19 heavy (non-hydrogen) atoms. The average Bonchev–Trinajstić information content (AvgIpc) is 2.79. The van der Waals surface area contributed by atoms with Crippen molar-refractivity contribution in [1.29, 1.82) is 0 Å². The number of nitrogens with zero attached hydrogens (tertiary/aromatic N) is 4. The average molecular weight is 271 g/mol. The summed E-state index contributed by atoms with van der Waals surface area (Å²) in [4.78, 5) is 33.9. The van der Waals surface area contributed by atoms with Gasteiger partial charge in [0.15, 0.2) is 5.82 Å². The second-order valence-electron chi connectivity index (χ2n) is 3.66. The van der Waals surface area contributed by atoms with E-state index in [1.54, 1.807) is 6.92 Å². The minimum absolute atomic E-state index is 0.225. The topological polar surface area (TPSA) is 167 Å². The number of tetrazole rings is 1. The fraction of sp³-hybridized carbons (Fsp3) is 0.500. The molecule has 1 aromatic rings. The predicted octanol–water partition coefficient (Wildman–Crippen LogP) is -2.16. The van der Waals surface area contributed by atoms with Crippen LogP contribution in [0.1, 0.15) is 18.8 Å². The van der Waals surface area contributed by atoms with Crippen molar-refractivity contribution >= 4 is 17.9 Å². The third kappa shape index (κ3) is 4.57. The second-order valence-corrected chi connectivity index (χ2v) is 3.66. The van der Waals surface area contributed by atoms with Gasteiger partial charge >= 0.3 is 12.0 Å². The number of amides is 3. The smallest absolute Gasteiger partial charge is 0.323 e. The highest BCUT2D eigenvalue weighted by molar-refractivity contribution is 5.86. The van der Waals surface area contributed by atoms with E-state index in [9.17, 15) is 14.4 Å². The van der Waals surface area contributed by atoms with Gasteiger partial charge < -0.3 is 21.1 Å². The van der Waals surface area contributed by atoms with Gasteiger partial charge in [-0.15, -0.1) is 10.2 Å². The Hall–Kier alpha value is -2.72. The number of aromatic nitrogens is 4. The van der Waals surface area contributed by atoms with Crippen LogP contribution in [0.4, 0.5) is 4.79 Å². The number of H-pyrrole nitrogens is 1. The monoisotopic (exact) mass is 271 g/mol. The van der Waals surface area contributed by atoms with Gasteiger partial charge in [-0.25, -0.2) is 4.79 Å². The van der Waals surface area contributed by atoms with E-state index in [2.05, 4.69) is 25.9 Å². The first kappa shape index (κ1) is 14.3. The summed E-state index contributed by atoms with van der Waals surface area (Å²) in [5.41, 5.74) is 4.94. The standard InChI is InChI=1S/C8H13N7O4/c1-4(7-11-13-14-12-7)10-8(19)15(2-5(9)16)3-6(17)18/h4H,2-3H2,1H3,(H2,9,16)(H,10,19)(H,17,18)(H,11,12,13,14). The van der Waals surface area contributed by atoms with Crippen molar-refractivity contribution in [1.82, 2.24) is 30.8 Å². The number of primary amides is 1. The Morgan fingerprint density at radius 2 is 2.16 bits per heavy atom. The predicted molar refractivity (Wildman–Crippen MR) is 59.5 cm³/mol. The molecule has 11 nitrogen and oxygen atoms in total. The highest BCUT2D eigenvalue weighted by Crippen LogP contribution is 2.04. The van der Waals surface area contributed by atoms with Crippen LogP contribution in [-0.2, 0) is 9.59 Å². The summed E-state index contributed by atoms with van der Waals surface area (Å²) in [6.07, 6.45) is 0. The Morgan fingerprint density at radius 1 is 1.47 bits per heavy atom. The molecule has 0 fully saturated rings. The number of hydrogen-bond acceptors (Lipinski definition) is 6. The van der Waals surface area contributed by atoms with Crippen LogP contribution < -0.4 is 11.1 Å². The molecule has 1 atom stereocenters. The maximum Gasteiger partial charge on any atom is 0.323 e. The van der Waals surface area contributed by atoms with Gasteiger partial charge in [-0.2, -0.15) is 5.21 Å². The zero-order chi connectivity index (χ0) is 14.4. The lowest BCUT2D eigenvalue weighted by Crippen LogP contribution is -2.47. The van der Waals surface area contributed by atoms with Crippen molar-refractivity contribution in [3.8, 4) is 0 Å². The van der Waals surface area contributed by atoms with Gasteiger partial charge in [0.1, 0.15) is 13.1 Å². The molecule has 0 bridgehead atoms. The van der Waals surface area contributed by atoms with Gasteiger partial charge in [0.05, 0.1) is 6.04 Å². The first-order valence-corrected chi connectivity index (χ1v) is 5.19. The summed E-state index contributed by atoms with van der Waals surface area (Å²) in [5, 5.41) is 23.9. The molecule has 1 rings (SSSR count). The van der Waals surface area contributed by atoms with Gasteiger partial charge in [-0.3, -0.25) is 9.59 Å². The van der Waals surface area contributed by atoms with E-state index in [4.69, 9.17) is 10.8 Å². The zero-order valence-electron chi connectivity index (χ0n) is 10.0. The van der Waals surface area contributed by atoms with E-state index < -0.39 is 37.0 Å². The summed E-state index contributed by atoms with van der Waals surface area (Å²) >= 11 is 0. The van der Waals surface area contributed by atoms with Gasteiger partial charge in [0.25, 0.3) is 0 Å². The van der Waals surface area contributed by atoms with Crippen molar-refractivity contribution in [2.24, 2.45) is 5.73 Å². The number of carbonyl (C=O) groups is 3. The van der Waals surface area contributed by atoms with Crippen LogP contribution in [0.3, 0.4) is 0 Å². The Bertz CT molecular complexity index is 444. The number of nitrogens with one attached hydrogen (secondary N) is 2. The molecule has 0 spiro atoms. The highest BCUT2D eigenvalue weighted by atomic mass is 16.4. The second kappa shape index (κ2) is 6.28. The van der Waals surface area contributed by atoms with E-state index in [1.807, 2.05) is 0 Å². The molecule has 0 saturated carbocycles. The summed E-state index contributed by atoms with van der Waals surface area (Å²) < 4.78 is 0. The number of nitrogens with two attached hydrogens (primary N) is 1. The number of urea groups is 1. The highest BCUT2D eigenvalue weighted by Gasteiger charge is 2.21. The lowest BCUT2D eigenvalue weighted by molar-refractivity contribution is -0.137. The largest absolute Gasteiger partial charge is 0.480 e. The minimum Gasteiger partial charge on any atom is -0.480 e. The van der Waals surface area contributed by atoms with Crippen LogP contribution in [-0.4, -0.2) is 61.6 Å². The first-order chi connectivity index (χ1) is 8.90. The molecule has 0 radical (unpaired) electrons. The summed E-state index contributed by atoms with van der Waals surface area (Å²) in [6, 6.07) is -1.37. The maximum atomic E-state index is 11.8. The van der Waals surface area contributed by atoms with E-state index in [1.165, 1.54) is 0 Å². The Balaban J connectivity index is 2.65. The van der Waals surface area contributed by atoms with Crippen molar-refractivity contribution in [3.05, 3.63) is 5.82 Å². The van der Waals surface area contributed by atoms with Crippen LogP contribution in [0.25, 0.3) is 0 Å². The number of carboxylic acids is 1. The zero-order valence-corrected chi connectivity index (χ0v) is 10.0. The molecule has 104 valence electrons. The molecule has 0 aromatic carbocycles. The Labute approximate surface area is 107 Å². The van der Waals surface area contributed by atoms with Crippen molar-refractivity contribution in [2.45, 2.75) is 13.0 Å². The Morgan fingerprint density at radius 3 is 2.63 bits per heavy atom. The van der Waals surface area contributed by atoms with E-state index in [-0.39, 0.29) is 5.82 Å². The summed E-state index contributed by atoms with van der Waals surface area (Å²) in [5.74, 6) is -1.85. The van der Waals surface area contributed by atoms with Crippen LogP contribution in [0.15, 0.2) is 0 Å². The van der Waals surface area contributed by atoms with E-state index in [0.29, 0.717) is 0 Å². The quantitative estimate of drug-likeness (QED) is 0.457. The van der Waals surface area contributed by atoms with Crippen molar-refractivity contribution < 1.29 is 19.5 Å². The van der Waals surface area contributed by atoms with Gasteiger partial charge in [0, 0.05) is 0 Å². The number of aromatic amines is 1. The lowest BCUT2D eigenvalue weighted by atomic mass is 10.3.